The fourth-order valence-corrected chi connectivity index (χ4v) is 3.09. The lowest BCUT2D eigenvalue weighted by Crippen LogP contribution is -2.23. The highest BCUT2D eigenvalue weighted by atomic mass is 32.2. The van der Waals surface area contributed by atoms with E-state index in [4.69, 9.17) is 17.2 Å². The number of hydrogen-bond donors (Lipinski definition) is 3. The number of rotatable bonds is 3. The topological polar surface area (TPSA) is 162 Å². The van der Waals surface area contributed by atoms with Crippen molar-refractivity contribution in [1.82, 2.24) is 4.98 Å². The first-order valence-electron chi connectivity index (χ1n) is 6.04. The Labute approximate surface area is 131 Å². The quantitative estimate of drug-likeness (QED) is 0.515. The van der Waals surface area contributed by atoms with Gasteiger partial charge in [0.15, 0.2) is 5.96 Å². The lowest BCUT2D eigenvalue weighted by Gasteiger charge is -2.15. The Morgan fingerprint density at radius 1 is 1.41 bits per heavy atom. The van der Waals surface area contributed by atoms with Crippen molar-refractivity contribution >= 4 is 49.7 Å². The molecule has 118 valence electrons. The Bertz CT molecular complexity index is 826. The second-order valence-corrected chi connectivity index (χ2v) is 7.06. The Morgan fingerprint density at radius 3 is 2.68 bits per heavy atom. The molecular weight excluding hydrogens is 326 g/mol. The van der Waals surface area contributed by atoms with E-state index in [1.165, 1.54) is 11.3 Å². The Kier molecular flexibility index (Phi) is 4.28. The number of sulfonamides is 1. The van der Waals surface area contributed by atoms with Gasteiger partial charge in [0.1, 0.15) is 11.5 Å². The molecule has 0 unspecified atom stereocenters. The third-order valence-electron chi connectivity index (χ3n) is 2.63. The first-order chi connectivity index (χ1) is 10.2. The van der Waals surface area contributed by atoms with Crippen LogP contribution in [0.5, 0.6) is 0 Å². The predicted octanol–water partition coefficient (Wildman–Crippen LogP) is -0.0595. The van der Waals surface area contributed by atoms with Crippen molar-refractivity contribution < 1.29 is 8.42 Å². The van der Waals surface area contributed by atoms with E-state index in [0.717, 1.165) is 6.26 Å². The van der Waals surface area contributed by atoms with Crippen LogP contribution in [0, 0.1) is 0 Å². The van der Waals surface area contributed by atoms with Crippen molar-refractivity contribution in [2.75, 3.05) is 6.26 Å². The van der Waals surface area contributed by atoms with Crippen molar-refractivity contribution in [3.63, 3.8) is 0 Å². The second-order valence-electron chi connectivity index (χ2n) is 4.58. The highest BCUT2D eigenvalue weighted by Gasteiger charge is 2.21. The molecule has 2 rings (SSSR count). The zero-order valence-corrected chi connectivity index (χ0v) is 13.6. The molecule has 9 nitrogen and oxygen atoms in total. The van der Waals surface area contributed by atoms with Gasteiger partial charge in [-0.3, -0.25) is 0 Å². The molecule has 0 radical (unpaired) electrons. The maximum Gasteiger partial charge on any atom is 0.250 e. The average Bonchev–Trinajstić information content (AvgIpc) is 2.79. The van der Waals surface area contributed by atoms with Crippen molar-refractivity contribution in [3.8, 4) is 0 Å². The molecule has 1 aliphatic rings. The number of allylic oxidation sites excluding steroid dienone is 1. The van der Waals surface area contributed by atoms with E-state index in [0.29, 0.717) is 27.8 Å². The summed E-state index contributed by atoms with van der Waals surface area (Å²) >= 11 is 1.23. The molecule has 1 aromatic heterocycles. The van der Waals surface area contributed by atoms with Crippen LogP contribution in [0.15, 0.2) is 25.3 Å². The van der Waals surface area contributed by atoms with Crippen LogP contribution >= 0.6 is 11.3 Å². The molecule has 0 bridgehead atoms. The average molecular weight is 341 g/mol. The summed E-state index contributed by atoms with van der Waals surface area (Å²) in [4.78, 5) is 12.3. The van der Waals surface area contributed by atoms with Crippen LogP contribution < -0.4 is 17.2 Å². The van der Waals surface area contributed by atoms with Crippen LogP contribution in [-0.2, 0) is 10.0 Å². The molecule has 0 aromatic carbocycles. The van der Waals surface area contributed by atoms with Gasteiger partial charge in [-0.2, -0.15) is 9.39 Å². The van der Waals surface area contributed by atoms with Crippen molar-refractivity contribution in [1.29, 1.82) is 0 Å². The summed E-state index contributed by atoms with van der Waals surface area (Å²) in [6, 6.07) is 0. The Morgan fingerprint density at radius 2 is 2.09 bits per heavy atom. The summed E-state index contributed by atoms with van der Waals surface area (Å²) in [5.41, 5.74) is 18.3. The largest absolute Gasteiger partial charge is 0.387 e. The zero-order valence-electron chi connectivity index (χ0n) is 11.9. The van der Waals surface area contributed by atoms with E-state index < -0.39 is 10.0 Å². The van der Waals surface area contributed by atoms with Crippen molar-refractivity contribution in [2.24, 2.45) is 31.6 Å². The smallest absolute Gasteiger partial charge is 0.250 e. The molecule has 0 saturated heterocycles. The van der Waals surface area contributed by atoms with Crippen LogP contribution in [-0.4, -0.2) is 37.2 Å². The number of amidine groups is 1. The van der Waals surface area contributed by atoms with E-state index in [9.17, 15) is 8.42 Å². The summed E-state index contributed by atoms with van der Waals surface area (Å²) in [6.45, 7) is 1.72. The summed E-state index contributed by atoms with van der Waals surface area (Å²) in [7, 11) is -3.53. The normalized spacial score (nSPS) is 17.5. The molecule has 0 fully saturated rings. The van der Waals surface area contributed by atoms with E-state index >= 15 is 0 Å². The van der Waals surface area contributed by atoms with Gasteiger partial charge in [0, 0.05) is 11.8 Å². The maximum absolute atomic E-state index is 11.4. The molecule has 0 aliphatic carbocycles. The van der Waals surface area contributed by atoms with E-state index in [1.54, 1.807) is 12.3 Å². The highest BCUT2D eigenvalue weighted by molar-refractivity contribution is 7.89. The Hall–Kier alpha value is -2.27. The Balaban J connectivity index is 2.52. The van der Waals surface area contributed by atoms with Gasteiger partial charge >= 0.3 is 0 Å². The van der Waals surface area contributed by atoms with Gasteiger partial charge in [-0.25, -0.2) is 18.4 Å². The minimum atomic E-state index is -3.53. The second kappa shape index (κ2) is 5.85. The van der Waals surface area contributed by atoms with Gasteiger partial charge in [-0.05, 0) is 12.5 Å². The molecule has 2 heterocycles. The van der Waals surface area contributed by atoms with Gasteiger partial charge in [0.05, 0.1) is 17.7 Å². The molecule has 22 heavy (non-hydrogen) atoms. The fourth-order valence-electron chi connectivity index (χ4n) is 1.79. The van der Waals surface area contributed by atoms with Crippen LogP contribution in [0.1, 0.15) is 19.0 Å². The molecule has 0 spiro atoms. The third kappa shape index (κ3) is 3.89. The molecule has 1 aromatic rings. The molecule has 0 amide bonds. The maximum atomic E-state index is 11.4. The number of nitrogens with two attached hydrogens (primary N) is 3. The monoisotopic (exact) mass is 341 g/mol. The van der Waals surface area contributed by atoms with Gasteiger partial charge < -0.3 is 17.2 Å². The van der Waals surface area contributed by atoms with Crippen LogP contribution in [0.2, 0.25) is 0 Å². The molecule has 1 aliphatic heterocycles. The van der Waals surface area contributed by atoms with Crippen LogP contribution in [0.4, 0.5) is 5.13 Å². The summed E-state index contributed by atoms with van der Waals surface area (Å²) < 4.78 is 26.4. The summed E-state index contributed by atoms with van der Waals surface area (Å²) in [5, 5.41) is 2.08. The van der Waals surface area contributed by atoms with Crippen LogP contribution in [0.3, 0.4) is 0 Å². The number of hydrogen-bond acceptors (Lipinski definition) is 7. The first kappa shape index (κ1) is 16.1. The van der Waals surface area contributed by atoms with Gasteiger partial charge in [0.25, 0.3) is 0 Å². The number of guanidine groups is 1. The molecule has 11 heteroatoms. The molecule has 6 N–H and O–H groups in total. The van der Waals surface area contributed by atoms with Gasteiger partial charge in [0.2, 0.25) is 15.2 Å². The van der Waals surface area contributed by atoms with Gasteiger partial charge in [-0.1, -0.05) is 0 Å². The number of aliphatic imine (C=N–C) groups is 2. The predicted molar refractivity (Wildman–Crippen MR) is 88.7 cm³/mol. The lowest BCUT2D eigenvalue weighted by molar-refractivity contribution is 0.603. The molecular formula is C11H15N7O2S2. The third-order valence-corrected chi connectivity index (χ3v) is 3.91. The van der Waals surface area contributed by atoms with Crippen molar-refractivity contribution in [3.05, 3.63) is 16.6 Å². The van der Waals surface area contributed by atoms with Gasteiger partial charge in [-0.15, -0.1) is 11.3 Å². The molecule has 0 saturated carbocycles. The number of thiazole rings is 1. The summed E-state index contributed by atoms with van der Waals surface area (Å²) in [6.07, 6.45) is 1.20. The first-order valence-corrected chi connectivity index (χ1v) is 8.77. The zero-order chi connectivity index (χ0) is 16.5. The standard InChI is InChI=1S/C11H15N7O2S2/c1-5-6(18-22(2,19)20)3-8(12)16-9(5)7-4-21-11(15-7)17-10(13)14/h4H,3H2,1-2H3,(H2,12,16)(H4,13,14,15,17). The number of nitrogens with zero attached hydrogens (tertiary/aromatic N) is 4. The summed E-state index contributed by atoms with van der Waals surface area (Å²) in [5.74, 6) is 0.164. The van der Waals surface area contributed by atoms with E-state index in [-0.39, 0.29) is 18.2 Å². The minimum absolute atomic E-state index is 0.0995. The lowest BCUT2D eigenvalue weighted by atomic mass is 10.0. The molecule has 0 atom stereocenters. The fraction of sp³-hybridized carbons (Fsp3) is 0.273. The highest BCUT2D eigenvalue weighted by Crippen LogP contribution is 2.29. The number of aromatic nitrogens is 1. The van der Waals surface area contributed by atoms with Crippen LogP contribution in [0.25, 0.3) is 5.70 Å². The minimum Gasteiger partial charge on any atom is -0.387 e. The van der Waals surface area contributed by atoms with E-state index in [2.05, 4.69) is 19.4 Å². The van der Waals surface area contributed by atoms with Crippen molar-refractivity contribution in [2.45, 2.75) is 13.3 Å². The van der Waals surface area contributed by atoms with E-state index in [1.807, 2.05) is 0 Å². The SMILES string of the molecule is CC1=C(c2csc(N=C(N)N)n2)N=C(N)CC1=NS(C)(=O)=O.